The summed E-state index contributed by atoms with van der Waals surface area (Å²) >= 11 is 0. The highest BCUT2D eigenvalue weighted by Crippen LogP contribution is 2.25. The van der Waals surface area contributed by atoms with Crippen molar-refractivity contribution >= 4 is 10.9 Å². The van der Waals surface area contributed by atoms with Crippen LogP contribution in [0.4, 0.5) is 0 Å². The van der Waals surface area contributed by atoms with Crippen molar-refractivity contribution in [2.45, 2.75) is 31.8 Å². The summed E-state index contributed by atoms with van der Waals surface area (Å²) in [6.45, 7) is 4.12. The van der Waals surface area contributed by atoms with E-state index in [-0.39, 0.29) is 0 Å². The summed E-state index contributed by atoms with van der Waals surface area (Å²) < 4.78 is 5.72. The molecule has 2 aromatic heterocycles. The first-order valence-corrected chi connectivity index (χ1v) is 8.95. The number of furan rings is 1. The summed E-state index contributed by atoms with van der Waals surface area (Å²) in [6, 6.07) is 13.0. The van der Waals surface area contributed by atoms with Gasteiger partial charge in [0.2, 0.25) is 0 Å². The van der Waals surface area contributed by atoms with Crippen LogP contribution in [0.2, 0.25) is 0 Å². The summed E-state index contributed by atoms with van der Waals surface area (Å²) in [6.07, 6.45) is 7.73. The van der Waals surface area contributed by atoms with Gasteiger partial charge in [0, 0.05) is 30.2 Å². The van der Waals surface area contributed by atoms with Gasteiger partial charge in [-0.25, -0.2) is 0 Å². The number of nitrogens with one attached hydrogen (secondary N) is 2. The van der Waals surface area contributed by atoms with Gasteiger partial charge in [-0.2, -0.15) is 0 Å². The summed E-state index contributed by atoms with van der Waals surface area (Å²) in [4.78, 5) is 5.84. The quantitative estimate of drug-likeness (QED) is 0.718. The molecule has 3 aromatic rings. The molecule has 1 unspecified atom stereocenters. The van der Waals surface area contributed by atoms with E-state index in [9.17, 15) is 0 Å². The molecule has 0 spiro atoms. The minimum absolute atomic E-state index is 0.325. The molecule has 4 rings (SSSR count). The molecule has 1 atom stereocenters. The first kappa shape index (κ1) is 15.5. The molecular weight excluding hydrogens is 298 g/mol. The molecule has 1 saturated heterocycles. The molecule has 0 radical (unpaired) electrons. The van der Waals surface area contributed by atoms with Gasteiger partial charge in [0.1, 0.15) is 5.76 Å². The van der Waals surface area contributed by atoms with Crippen LogP contribution in [0.25, 0.3) is 10.9 Å². The maximum absolute atomic E-state index is 5.72. The lowest BCUT2D eigenvalue weighted by Crippen LogP contribution is -2.38. The van der Waals surface area contributed by atoms with Gasteiger partial charge >= 0.3 is 0 Å². The van der Waals surface area contributed by atoms with Gasteiger partial charge in [-0.05, 0) is 55.8 Å². The van der Waals surface area contributed by atoms with E-state index in [0.717, 1.165) is 18.8 Å². The van der Waals surface area contributed by atoms with Crippen LogP contribution in [0.5, 0.6) is 0 Å². The number of hydrogen-bond donors (Lipinski definition) is 2. The van der Waals surface area contributed by atoms with E-state index in [0.29, 0.717) is 6.04 Å². The van der Waals surface area contributed by atoms with Crippen molar-refractivity contribution in [1.82, 2.24) is 15.2 Å². The molecule has 1 aromatic carbocycles. The predicted octanol–water partition coefficient (Wildman–Crippen LogP) is 4.08. The van der Waals surface area contributed by atoms with Crippen LogP contribution < -0.4 is 5.32 Å². The van der Waals surface area contributed by atoms with Gasteiger partial charge in [-0.15, -0.1) is 0 Å². The van der Waals surface area contributed by atoms with Crippen LogP contribution in [-0.4, -0.2) is 29.5 Å². The van der Waals surface area contributed by atoms with E-state index in [1.165, 1.54) is 48.8 Å². The summed E-state index contributed by atoms with van der Waals surface area (Å²) in [5.74, 6) is 1.07. The number of piperidine rings is 1. The Hall–Kier alpha value is -2.04. The molecule has 4 heteroatoms. The molecule has 1 aliphatic rings. The van der Waals surface area contributed by atoms with Crippen molar-refractivity contribution in [3.63, 3.8) is 0 Å². The predicted molar refractivity (Wildman–Crippen MR) is 96.9 cm³/mol. The average molecular weight is 323 g/mol. The third kappa shape index (κ3) is 3.25. The van der Waals surface area contributed by atoms with E-state index in [1.807, 2.05) is 12.3 Å². The van der Waals surface area contributed by atoms with Crippen molar-refractivity contribution in [2.75, 3.05) is 19.6 Å². The van der Waals surface area contributed by atoms with Gasteiger partial charge in [-0.1, -0.05) is 18.6 Å². The maximum Gasteiger partial charge on any atom is 0.122 e. The zero-order valence-corrected chi connectivity index (χ0v) is 14.0. The monoisotopic (exact) mass is 323 g/mol. The summed E-state index contributed by atoms with van der Waals surface area (Å²) in [5, 5.41) is 4.96. The molecule has 4 nitrogen and oxygen atoms in total. The standard InChI is InChI=1S/C20H25N3O/c1-2-11-23(12-3-1)19(20-8-5-13-24-20)15-21-14-16-6-4-7-18-17(16)9-10-22-18/h4-10,13,19,21-22H,1-3,11-12,14-15H2. The Morgan fingerprint density at radius 3 is 2.83 bits per heavy atom. The fourth-order valence-electron chi connectivity index (χ4n) is 3.77. The molecule has 3 heterocycles. The zero-order valence-electron chi connectivity index (χ0n) is 14.0. The van der Waals surface area contributed by atoms with Gasteiger partial charge in [0.25, 0.3) is 0 Å². The Balaban J connectivity index is 1.44. The molecule has 0 aliphatic carbocycles. The second-order valence-electron chi connectivity index (χ2n) is 6.61. The molecule has 0 amide bonds. The van der Waals surface area contributed by atoms with E-state index in [1.54, 1.807) is 6.26 Å². The fraction of sp³-hybridized carbons (Fsp3) is 0.400. The van der Waals surface area contributed by atoms with E-state index in [4.69, 9.17) is 4.42 Å². The number of aromatic nitrogens is 1. The molecule has 1 aliphatic heterocycles. The number of aromatic amines is 1. The number of H-pyrrole nitrogens is 1. The van der Waals surface area contributed by atoms with Crippen molar-refractivity contribution in [2.24, 2.45) is 0 Å². The number of hydrogen-bond acceptors (Lipinski definition) is 3. The van der Waals surface area contributed by atoms with Crippen molar-refractivity contribution < 1.29 is 4.42 Å². The van der Waals surface area contributed by atoms with Crippen LogP contribution >= 0.6 is 0 Å². The van der Waals surface area contributed by atoms with Gasteiger partial charge < -0.3 is 14.7 Å². The van der Waals surface area contributed by atoms with Crippen molar-refractivity contribution in [3.05, 3.63) is 60.2 Å². The van der Waals surface area contributed by atoms with E-state index in [2.05, 4.69) is 45.5 Å². The minimum Gasteiger partial charge on any atom is -0.468 e. The lowest BCUT2D eigenvalue weighted by molar-refractivity contribution is 0.142. The molecule has 1 fully saturated rings. The Morgan fingerprint density at radius 2 is 2.00 bits per heavy atom. The second kappa shape index (κ2) is 7.24. The number of nitrogens with zero attached hydrogens (tertiary/aromatic N) is 1. The molecule has 2 N–H and O–H groups in total. The zero-order chi connectivity index (χ0) is 16.2. The SMILES string of the molecule is c1coc(C(CNCc2cccc3[nH]ccc23)N2CCCCC2)c1. The number of rotatable bonds is 6. The fourth-order valence-corrected chi connectivity index (χ4v) is 3.77. The number of likely N-dealkylation sites (tertiary alicyclic amines) is 1. The highest BCUT2D eigenvalue weighted by atomic mass is 16.3. The number of benzene rings is 1. The lowest BCUT2D eigenvalue weighted by atomic mass is 10.1. The van der Waals surface area contributed by atoms with Crippen LogP contribution in [0.3, 0.4) is 0 Å². The second-order valence-corrected chi connectivity index (χ2v) is 6.61. The molecule has 24 heavy (non-hydrogen) atoms. The van der Waals surface area contributed by atoms with Crippen LogP contribution in [0.1, 0.15) is 36.6 Å². The van der Waals surface area contributed by atoms with Crippen LogP contribution in [-0.2, 0) is 6.54 Å². The Labute approximate surface area is 142 Å². The van der Waals surface area contributed by atoms with Crippen LogP contribution in [0.15, 0.2) is 53.3 Å². The smallest absolute Gasteiger partial charge is 0.122 e. The topological polar surface area (TPSA) is 44.2 Å². The van der Waals surface area contributed by atoms with Gasteiger partial charge in [0.05, 0.1) is 12.3 Å². The number of fused-ring (bicyclic) bond motifs is 1. The lowest BCUT2D eigenvalue weighted by Gasteiger charge is -2.33. The maximum atomic E-state index is 5.72. The van der Waals surface area contributed by atoms with E-state index < -0.39 is 0 Å². The average Bonchev–Trinajstić information content (AvgIpc) is 3.31. The summed E-state index contributed by atoms with van der Waals surface area (Å²) in [7, 11) is 0. The first-order valence-electron chi connectivity index (χ1n) is 8.95. The normalized spacial score (nSPS) is 17.3. The van der Waals surface area contributed by atoms with Gasteiger partial charge in [-0.3, -0.25) is 4.90 Å². The highest BCUT2D eigenvalue weighted by Gasteiger charge is 2.24. The third-order valence-corrected chi connectivity index (χ3v) is 5.04. The minimum atomic E-state index is 0.325. The summed E-state index contributed by atoms with van der Waals surface area (Å²) in [5.41, 5.74) is 2.54. The van der Waals surface area contributed by atoms with Crippen molar-refractivity contribution in [1.29, 1.82) is 0 Å². The molecule has 126 valence electrons. The third-order valence-electron chi connectivity index (χ3n) is 5.04. The van der Waals surface area contributed by atoms with Crippen LogP contribution in [0, 0.1) is 0 Å². The Kier molecular flexibility index (Phi) is 4.67. The molecule has 0 saturated carbocycles. The van der Waals surface area contributed by atoms with E-state index >= 15 is 0 Å². The molecule has 0 bridgehead atoms. The van der Waals surface area contributed by atoms with Gasteiger partial charge in [0.15, 0.2) is 0 Å². The van der Waals surface area contributed by atoms with Crippen molar-refractivity contribution in [3.8, 4) is 0 Å². The first-order chi connectivity index (χ1) is 11.9. The Morgan fingerprint density at radius 1 is 1.08 bits per heavy atom. The highest BCUT2D eigenvalue weighted by molar-refractivity contribution is 5.82. The molecular formula is C20H25N3O. The largest absolute Gasteiger partial charge is 0.468 e. The Bertz CT molecular complexity index is 756.